The van der Waals surface area contributed by atoms with Crippen molar-refractivity contribution >= 4 is 17.5 Å². The Kier molecular flexibility index (Phi) is 6.26. The van der Waals surface area contributed by atoms with Gasteiger partial charge >= 0.3 is 0 Å². The molecule has 4 rings (SSSR count). The highest BCUT2D eigenvalue weighted by molar-refractivity contribution is 5.92. The number of aliphatic hydroxyl groups excluding tert-OH is 1. The standard InChI is InChI=1S/C22H30N2O6/c1-24(2)20(26)11-15-10-17-16-9-14(23-22(27)13-5-7-28-8-6-13)3-4-18(16)30-21(17)19(12-25)29-15/h3-4,9,13,15,17,19,21,25H,5-8,10-12H2,1-2H3,(H,23,27)/t15-,17-,19+,21+/m0/s1. The van der Waals surface area contributed by atoms with E-state index in [0.29, 0.717) is 19.6 Å². The SMILES string of the molecule is CN(C)C(=O)C[C@@H]1C[C@H]2c3cc(NC(=O)C4CCOCC4)ccc3O[C@H]2[C@@H](CO)O1. The average molecular weight is 418 g/mol. The number of nitrogens with one attached hydrogen (secondary N) is 1. The largest absolute Gasteiger partial charge is 0.487 e. The lowest BCUT2D eigenvalue weighted by Crippen LogP contribution is -2.47. The second kappa shape index (κ2) is 8.91. The molecule has 1 aromatic rings. The Labute approximate surface area is 176 Å². The fourth-order valence-corrected chi connectivity index (χ4v) is 4.55. The van der Waals surface area contributed by atoms with Gasteiger partial charge in [0.05, 0.1) is 19.1 Å². The number of benzene rings is 1. The highest BCUT2D eigenvalue weighted by atomic mass is 16.6. The number of ether oxygens (including phenoxy) is 3. The van der Waals surface area contributed by atoms with E-state index in [0.717, 1.165) is 29.8 Å². The minimum atomic E-state index is -0.489. The van der Waals surface area contributed by atoms with Gasteiger partial charge in [0, 0.05) is 50.4 Å². The van der Waals surface area contributed by atoms with Gasteiger partial charge in [-0.1, -0.05) is 0 Å². The van der Waals surface area contributed by atoms with Crippen molar-refractivity contribution in [3.63, 3.8) is 0 Å². The van der Waals surface area contributed by atoms with Crippen LogP contribution in [0.15, 0.2) is 18.2 Å². The van der Waals surface area contributed by atoms with E-state index in [9.17, 15) is 14.7 Å². The zero-order valence-corrected chi connectivity index (χ0v) is 17.5. The van der Waals surface area contributed by atoms with Crippen LogP contribution in [-0.4, -0.2) is 74.0 Å². The second-order valence-electron chi connectivity index (χ2n) is 8.52. The number of aliphatic hydroxyl groups is 1. The van der Waals surface area contributed by atoms with Gasteiger partial charge in [-0.25, -0.2) is 0 Å². The van der Waals surface area contributed by atoms with Crippen molar-refractivity contribution in [1.29, 1.82) is 0 Å². The van der Waals surface area contributed by atoms with E-state index >= 15 is 0 Å². The molecule has 0 spiro atoms. The summed E-state index contributed by atoms with van der Waals surface area (Å²) in [6.07, 6.45) is 1.30. The van der Waals surface area contributed by atoms with Gasteiger partial charge in [-0.3, -0.25) is 9.59 Å². The Morgan fingerprint density at radius 3 is 2.70 bits per heavy atom. The summed E-state index contributed by atoms with van der Waals surface area (Å²) in [5.74, 6) is 0.732. The number of amides is 2. The third-order valence-corrected chi connectivity index (χ3v) is 6.26. The van der Waals surface area contributed by atoms with E-state index in [4.69, 9.17) is 14.2 Å². The van der Waals surface area contributed by atoms with Crippen LogP contribution in [0.5, 0.6) is 5.75 Å². The van der Waals surface area contributed by atoms with Crippen molar-refractivity contribution in [2.24, 2.45) is 5.92 Å². The molecule has 2 saturated heterocycles. The van der Waals surface area contributed by atoms with E-state index in [1.807, 2.05) is 18.2 Å². The van der Waals surface area contributed by atoms with Gasteiger partial charge in [0.15, 0.2) is 0 Å². The molecule has 30 heavy (non-hydrogen) atoms. The zero-order valence-electron chi connectivity index (χ0n) is 17.5. The number of rotatable bonds is 5. The van der Waals surface area contributed by atoms with Crippen molar-refractivity contribution in [2.75, 3.05) is 39.2 Å². The van der Waals surface area contributed by atoms with Gasteiger partial charge in [0.25, 0.3) is 0 Å². The maximum absolute atomic E-state index is 12.6. The Morgan fingerprint density at radius 2 is 2.00 bits per heavy atom. The first-order valence-corrected chi connectivity index (χ1v) is 10.6. The van der Waals surface area contributed by atoms with Crippen LogP contribution in [0.3, 0.4) is 0 Å². The van der Waals surface area contributed by atoms with Crippen LogP contribution in [0, 0.1) is 5.92 Å². The molecule has 164 valence electrons. The van der Waals surface area contributed by atoms with Gasteiger partial charge in [0.1, 0.15) is 18.0 Å². The van der Waals surface area contributed by atoms with E-state index in [2.05, 4.69) is 5.32 Å². The summed E-state index contributed by atoms with van der Waals surface area (Å²) in [6.45, 7) is 1.07. The van der Waals surface area contributed by atoms with E-state index in [1.54, 1.807) is 19.0 Å². The van der Waals surface area contributed by atoms with Crippen molar-refractivity contribution in [3.05, 3.63) is 23.8 Å². The van der Waals surface area contributed by atoms with Crippen LogP contribution in [0.2, 0.25) is 0 Å². The lowest BCUT2D eigenvalue weighted by Gasteiger charge is -2.37. The van der Waals surface area contributed by atoms with Crippen molar-refractivity contribution in [2.45, 2.75) is 49.9 Å². The first kappa shape index (κ1) is 21.1. The number of anilines is 1. The third-order valence-electron chi connectivity index (χ3n) is 6.26. The molecule has 3 aliphatic heterocycles. The first-order valence-electron chi connectivity index (χ1n) is 10.6. The summed E-state index contributed by atoms with van der Waals surface area (Å²) >= 11 is 0. The number of nitrogens with zero attached hydrogens (tertiary/aromatic N) is 1. The summed E-state index contributed by atoms with van der Waals surface area (Å²) in [4.78, 5) is 26.3. The minimum absolute atomic E-state index is 0.00537. The summed E-state index contributed by atoms with van der Waals surface area (Å²) in [5.41, 5.74) is 1.73. The number of carbonyl (C=O) groups is 2. The lowest BCUT2D eigenvalue weighted by atomic mass is 9.84. The summed E-state index contributed by atoms with van der Waals surface area (Å²) in [6, 6.07) is 5.67. The van der Waals surface area contributed by atoms with Crippen LogP contribution >= 0.6 is 0 Å². The van der Waals surface area contributed by atoms with E-state index in [1.165, 1.54) is 0 Å². The second-order valence-corrected chi connectivity index (χ2v) is 8.52. The normalized spacial score (nSPS) is 28.2. The number of fused-ring (bicyclic) bond motifs is 3. The topological polar surface area (TPSA) is 97.3 Å². The number of hydrogen-bond donors (Lipinski definition) is 2. The first-order chi connectivity index (χ1) is 14.5. The maximum atomic E-state index is 12.6. The molecule has 0 radical (unpaired) electrons. The molecular weight excluding hydrogens is 388 g/mol. The fraction of sp³-hybridized carbons (Fsp3) is 0.636. The molecule has 0 aliphatic carbocycles. The van der Waals surface area contributed by atoms with E-state index in [-0.39, 0.29) is 48.9 Å². The average Bonchev–Trinajstić information content (AvgIpc) is 3.11. The molecule has 0 bridgehead atoms. The number of hydrogen-bond acceptors (Lipinski definition) is 6. The molecule has 3 aliphatic rings. The van der Waals surface area contributed by atoms with Gasteiger partial charge in [-0.05, 0) is 37.5 Å². The maximum Gasteiger partial charge on any atom is 0.227 e. The zero-order chi connectivity index (χ0) is 21.3. The molecule has 0 unspecified atom stereocenters. The van der Waals surface area contributed by atoms with Gasteiger partial charge in [-0.15, -0.1) is 0 Å². The van der Waals surface area contributed by atoms with Crippen LogP contribution in [-0.2, 0) is 19.1 Å². The van der Waals surface area contributed by atoms with Crippen molar-refractivity contribution in [1.82, 2.24) is 4.90 Å². The van der Waals surface area contributed by atoms with Crippen molar-refractivity contribution in [3.8, 4) is 5.75 Å². The fourth-order valence-electron chi connectivity index (χ4n) is 4.55. The molecule has 0 aromatic heterocycles. The van der Waals surface area contributed by atoms with Crippen LogP contribution in [0.25, 0.3) is 0 Å². The molecule has 2 N–H and O–H groups in total. The minimum Gasteiger partial charge on any atom is -0.487 e. The highest BCUT2D eigenvalue weighted by Gasteiger charge is 2.46. The molecule has 3 heterocycles. The summed E-state index contributed by atoms with van der Waals surface area (Å²) < 4.78 is 17.4. The van der Waals surface area contributed by atoms with Gasteiger partial charge < -0.3 is 29.5 Å². The summed E-state index contributed by atoms with van der Waals surface area (Å²) in [7, 11) is 3.44. The Balaban J connectivity index is 1.49. The predicted octanol–water partition coefficient (Wildman–Crippen LogP) is 1.52. The molecule has 4 atom stereocenters. The van der Waals surface area contributed by atoms with Crippen LogP contribution < -0.4 is 10.1 Å². The Bertz CT molecular complexity index is 792. The van der Waals surface area contributed by atoms with Gasteiger partial charge in [0.2, 0.25) is 11.8 Å². The molecule has 8 heteroatoms. The molecular formula is C22H30N2O6. The third kappa shape index (κ3) is 4.31. The molecule has 8 nitrogen and oxygen atoms in total. The quantitative estimate of drug-likeness (QED) is 0.753. The van der Waals surface area contributed by atoms with Crippen LogP contribution in [0.1, 0.15) is 37.2 Å². The smallest absolute Gasteiger partial charge is 0.227 e. The Hall–Kier alpha value is -2.16. The van der Waals surface area contributed by atoms with Gasteiger partial charge in [-0.2, -0.15) is 0 Å². The molecule has 2 amide bonds. The Morgan fingerprint density at radius 1 is 1.23 bits per heavy atom. The predicted molar refractivity (Wildman–Crippen MR) is 109 cm³/mol. The van der Waals surface area contributed by atoms with Crippen molar-refractivity contribution < 1.29 is 28.9 Å². The highest BCUT2D eigenvalue weighted by Crippen LogP contribution is 2.47. The molecule has 0 saturated carbocycles. The molecule has 1 aromatic carbocycles. The lowest BCUT2D eigenvalue weighted by molar-refractivity contribution is -0.147. The van der Waals surface area contributed by atoms with E-state index < -0.39 is 6.10 Å². The number of carbonyl (C=O) groups excluding carboxylic acids is 2. The molecule has 2 fully saturated rings. The monoisotopic (exact) mass is 418 g/mol. The summed E-state index contributed by atoms with van der Waals surface area (Å²) in [5, 5.41) is 12.9. The van der Waals surface area contributed by atoms with Crippen LogP contribution in [0.4, 0.5) is 5.69 Å².